The summed E-state index contributed by atoms with van der Waals surface area (Å²) in [5.41, 5.74) is 2.22. The first-order valence-corrected chi connectivity index (χ1v) is 7.25. The number of benzene rings is 1. The maximum absolute atomic E-state index is 12.5. The minimum atomic E-state index is -0.365. The van der Waals surface area contributed by atoms with Gasteiger partial charge in [-0.25, -0.2) is 14.5 Å². The molecule has 3 rings (SSSR count). The summed E-state index contributed by atoms with van der Waals surface area (Å²) in [6.45, 7) is 2.29. The van der Waals surface area contributed by atoms with Gasteiger partial charge in [-0.05, 0) is 24.6 Å². The highest BCUT2D eigenvalue weighted by Crippen LogP contribution is 2.19. The zero-order chi connectivity index (χ0) is 16.1. The molecule has 2 aromatic heterocycles. The quantitative estimate of drug-likeness (QED) is 0.678. The second-order valence-corrected chi connectivity index (χ2v) is 5.08. The molecule has 0 fully saturated rings. The lowest BCUT2D eigenvalue weighted by Gasteiger charge is -2.15. The van der Waals surface area contributed by atoms with E-state index in [0.717, 1.165) is 11.1 Å². The van der Waals surface area contributed by atoms with Gasteiger partial charge < -0.3 is 4.74 Å². The molecular formula is C17H16N4O2. The van der Waals surface area contributed by atoms with E-state index in [9.17, 15) is 4.79 Å². The molecule has 0 spiro atoms. The topological polar surface area (TPSA) is 69.9 Å². The number of rotatable bonds is 5. The third-order valence-corrected chi connectivity index (χ3v) is 3.47. The van der Waals surface area contributed by atoms with E-state index in [1.165, 1.54) is 6.33 Å². The Kier molecular flexibility index (Phi) is 4.42. The van der Waals surface area contributed by atoms with Crippen molar-refractivity contribution in [1.29, 1.82) is 0 Å². The number of hydrogen-bond donors (Lipinski definition) is 0. The minimum Gasteiger partial charge on any atom is -0.454 e. The molecule has 23 heavy (non-hydrogen) atoms. The van der Waals surface area contributed by atoms with Crippen molar-refractivity contribution in [1.82, 2.24) is 19.7 Å². The number of nitrogens with zero attached hydrogens (tertiary/aromatic N) is 4. The summed E-state index contributed by atoms with van der Waals surface area (Å²) in [4.78, 5) is 20.4. The molecule has 2 heterocycles. The van der Waals surface area contributed by atoms with Gasteiger partial charge in [0.15, 0.2) is 0 Å². The maximum atomic E-state index is 12.5. The van der Waals surface area contributed by atoms with Crippen molar-refractivity contribution >= 4 is 5.97 Å². The van der Waals surface area contributed by atoms with Crippen molar-refractivity contribution in [3.05, 3.63) is 78.1 Å². The van der Waals surface area contributed by atoms with Crippen LogP contribution in [0, 0.1) is 0 Å². The number of ether oxygens (including phenoxy) is 1. The monoisotopic (exact) mass is 308 g/mol. The number of carbonyl (C=O) groups is 1. The highest BCUT2D eigenvalue weighted by Gasteiger charge is 2.17. The lowest BCUT2D eigenvalue weighted by Crippen LogP contribution is -2.13. The van der Waals surface area contributed by atoms with Gasteiger partial charge in [-0.1, -0.05) is 24.3 Å². The van der Waals surface area contributed by atoms with Crippen LogP contribution in [0.15, 0.2) is 61.4 Å². The summed E-state index contributed by atoms with van der Waals surface area (Å²) in [5, 5.41) is 4.07. The Labute approximate surface area is 133 Å². The van der Waals surface area contributed by atoms with E-state index in [4.69, 9.17) is 4.74 Å². The summed E-state index contributed by atoms with van der Waals surface area (Å²) >= 11 is 0. The number of aromatic nitrogens is 4. The number of hydrogen-bond acceptors (Lipinski definition) is 5. The van der Waals surface area contributed by atoms with Gasteiger partial charge in [0.2, 0.25) is 0 Å². The summed E-state index contributed by atoms with van der Waals surface area (Å²) in [5.74, 6) is -0.364. The number of pyridine rings is 1. The van der Waals surface area contributed by atoms with Crippen LogP contribution < -0.4 is 0 Å². The SMILES string of the molecule is CC(OC(=O)c1ccccc1Cn1cncn1)c1cccnc1. The molecule has 0 aliphatic carbocycles. The molecule has 1 atom stereocenters. The Morgan fingerprint density at radius 3 is 2.83 bits per heavy atom. The summed E-state index contributed by atoms with van der Waals surface area (Å²) in [6.07, 6.45) is 6.09. The van der Waals surface area contributed by atoms with Gasteiger partial charge in [-0.2, -0.15) is 5.10 Å². The molecule has 0 bridgehead atoms. The molecule has 0 saturated carbocycles. The minimum absolute atomic E-state index is 0.364. The molecule has 0 aliphatic heterocycles. The Morgan fingerprint density at radius 1 is 1.22 bits per heavy atom. The van der Waals surface area contributed by atoms with Crippen molar-refractivity contribution in [2.24, 2.45) is 0 Å². The van der Waals surface area contributed by atoms with Gasteiger partial charge in [-0.3, -0.25) is 4.98 Å². The molecule has 1 aromatic carbocycles. The van der Waals surface area contributed by atoms with Crippen LogP contribution in [-0.4, -0.2) is 25.7 Å². The molecule has 6 heteroatoms. The average Bonchev–Trinajstić information content (AvgIpc) is 3.09. The van der Waals surface area contributed by atoms with Gasteiger partial charge in [-0.15, -0.1) is 0 Å². The van der Waals surface area contributed by atoms with Crippen LogP contribution in [0.3, 0.4) is 0 Å². The van der Waals surface area contributed by atoms with E-state index >= 15 is 0 Å². The predicted octanol–water partition coefficient (Wildman–Crippen LogP) is 2.64. The largest absolute Gasteiger partial charge is 0.454 e. The van der Waals surface area contributed by atoms with Crippen LogP contribution in [-0.2, 0) is 11.3 Å². The average molecular weight is 308 g/mol. The van der Waals surface area contributed by atoms with Crippen LogP contribution in [0.1, 0.15) is 34.5 Å². The molecule has 3 aromatic rings. The first-order valence-electron chi connectivity index (χ1n) is 7.25. The predicted molar refractivity (Wildman–Crippen MR) is 83.6 cm³/mol. The van der Waals surface area contributed by atoms with E-state index in [2.05, 4.69) is 15.1 Å². The molecule has 0 saturated heterocycles. The fourth-order valence-electron chi connectivity index (χ4n) is 2.25. The van der Waals surface area contributed by atoms with Gasteiger partial charge in [0.05, 0.1) is 12.1 Å². The second-order valence-electron chi connectivity index (χ2n) is 5.08. The third kappa shape index (κ3) is 3.60. The van der Waals surface area contributed by atoms with E-state index in [-0.39, 0.29) is 12.1 Å². The zero-order valence-corrected chi connectivity index (χ0v) is 12.7. The van der Waals surface area contributed by atoms with Crippen LogP contribution >= 0.6 is 0 Å². The van der Waals surface area contributed by atoms with Crippen LogP contribution in [0.5, 0.6) is 0 Å². The summed E-state index contributed by atoms with van der Waals surface area (Å²) in [7, 11) is 0. The molecule has 116 valence electrons. The van der Waals surface area contributed by atoms with E-state index in [1.807, 2.05) is 37.3 Å². The van der Waals surface area contributed by atoms with Crippen LogP contribution in [0.25, 0.3) is 0 Å². The lowest BCUT2D eigenvalue weighted by molar-refractivity contribution is 0.0336. The Morgan fingerprint density at radius 2 is 2.09 bits per heavy atom. The van der Waals surface area contributed by atoms with Crippen LogP contribution in [0.4, 0.5) is 0 Å². The van der Waals surface area contributed by atoms with Crippen LogP contribution in [0.2, 0.25) is 0 Å². The fourth-order valence-corrected chi connectivity index (χ4v) is 2.25. The first-order chi connectivity index (χ1) is 11.2. The first kappa shape index (κ1) is 14.9. The van der Waals surface area contributed by atoms with Crippen molar-refractivity contribution in [2.45, 2.75) is 19.6 Å². The van der Waals surface area contributed by atoms with Crippen molar-refractivity contribution in [3.63, 3.8) is 0 Å². The van der Waals surface area contributed by atoms with E-state index < -0.39 is 0 Å². The molecule has 1 unspecified atom stereocenters. The molecule has 6 nitrogen and oxygen atoms in total. The molecule has 0 N–H and O–H groups in total. The number of carbonyl (C=O) groups excluding carboxylic acids is 1. The maximum Gasteiger partial charge on any atom is 0.339 e. The lowest BCUT2D eigenvalue weighted by atomic mass is 10.1. The van der Waals surface area contributed by atoms with Crippen molar-refractivity contribution in [2.75, 3.05) is 0 Å². The zero-order valence-electron chi connectivity index (χ0n) is 12.7. The Balaban J connectivity index is 1.77. The van der Waals surface area contributed by atoms with Gasteiger partial charge in [0, 0.05) is 18.0 Å². The van der Waals surface area contributed by atoms with Gasteiger partial charge in [0.1, 0.15) is 18.8 Å². The highest BCUT2D eigenvalue weighted by atomic mass is 16.5. The standard InChI is InChI=1S/C17H16N4O2/c1-13(14-6-4-8-18-9-14)23-17(22)16-7-3-2-5-15(16)10-21-12-19-11-20-21/h2-9,11-13H,10H2,1H3. The molecule has 0 aliphatic rings. The number of esters is 1. The normalized spacial score (nSPS) is 11.9. The Hall–Kier alpha value is -3.02. The third-order valence-electron chi connectivity index (χ3n) is 3.47. The van der Waals surface area contributed by atoms with Crippen molar-refractivity contribution < 1.29 is 9.53 Å². The van der Waals surface area contributed by atoms with Gasteiger partial charge in [0.25, 0.3) is 0 Å². The summed E-state index contributed by atoms with van der Waals surface area (Å²) < 4.78 is 7.22. The fraction of sp³-hybridized carbons (Fsp3) is 0.176. The second kappa shape index (κ2) is 6.83. The van der Waals surface area contributed by atoms with Crippen molar-refractivity contribution in [3.8, 4) is 0 Å². The smallest absolute Gasteiger partial charge is 0.339 e. The molecule has 0 amide bonds. The van der Waals surface area contributed by atoms with Gasteiger partial charge >= 0.3 is 5.97 Å². The molecular weight excluding hydrogens is 292 g/mol. The summed E-state index contributed by atoms with van der Waals surface area (Å²) in [6, 6.07) is 11.0. The highest BCUT2D eigenvalue weighted by molar-refractivity contribution is 5.91. The van der Waals surface area contributed by atoms with E-state index in [0.29, 0.717) is 12.1 Å². The van der Waals surface area contributed by atoms with E-state index in [1.54, 1.807) is 29.5 Å². The Bertz CT molecular complexity index is 772. The molecule has 0 radical (unpaired) electrons.